The second-order valence-corrected chi connectivity index (χ2v) is 4.34. The van der Waals surface area contributed by atoms with Crippen LogP contribution in [0.1, 0.15) is 16.7 Å². The fourth-order valence-electron chi connectivity index (χ4n) is 1.82. The van der Waals surface area contributed by atoms with Crippen molar-refractivity contribution in [3.63, 3.8) is 0 Å². The third-order valence-corrected chi connectivity index (χ3v) is 3.24. The molecule has 1 fully saturated rings. The van der Waals surface area contributed by atoms with Crippen molar-refractivity contribution in [2.45, 2.75) is 29.6 Å². The molecule has 1 amide bonds. The Bertz CT molecular complexity index is 465. The van der Waals surface area contributed by atoms with E-state index >= 15 is 0 Å². The summed E-state index contributed by atoms with van der Waals surface area (Å²) in [5, 5.41) is 28.5. The van der Waals surface area contributed by atoms with Gasteiger partial charge in [0, 0.05) is 0 Å². The molecule has 5 N–H and O–H groups in total. The first-order valence-electron chi connectivity index (χ1n) is 5.15. The highest BCUT2D eigenvalue weighted by Gasteiger charge is 2.44. The maximum atomic E-state index is 11.0. The highest BCUT2D eigenvalue weighted by Crippen LogP contribution is 2.31. The molecule has 1 aliphatic rings. The fraction of sp³-hybridized carbons (Fsp3) is 0.556. The van der Waals surface area contributed by atoms with E-state index in [0.29, 0.717) is 0 Å². The maximum absolute atomic E-state index is 11.0. The van der Waals surface area contributed by atoms with Crippen LogP contribution in [0.25, 0.3) is 0 Å². The SMILES string of the molecule is NC(=O)c1ncn([C@@H]2O[C@H](CO)[C@@H](O)[C@H]2O)c1S. The van der Waals surface area contributed by atoms with Crippen LogP contribution < -0.4 is 5.73 Å². The highest BCUT2D eigenvalue weighted by molar-refractivity contribution is 7.80. The van der Waals surface area contributed by atoms with Crippen molar-refractivity contribution in [3.05, 3.63) is 12.0 Å². The van der Waals surface area contributed by atoms with Crippen LogP contribution >= 0.6 is 12.6 Å². The number of nitrogens with two attached hydrogens (primary N) is 1. The zero-order valence-electron chi connectivity index (χ0n) is 9.17. The molecule has 0 aliphatic carbocycles. The van der Waals surface area contributed by atoms with Crippen molar-refractivity contribution >= 4 is 18.5 Å². The molecule has 18 heavy (non-hydrogen) atoms. The van der Waals surface area contributed by atoms with Crippen LogP contribution in [0.15, 0.2) is 11.4 Å². The third kappa shape index (κ3) is 1.99. The van der Waals surface area contributed by atoms with Crippen molar-refractivity contribution in [2.75, 3.05) is 6.61 Å². The smallest absolute Gasteiger partial charge is 0.270 e. The summed E-state index contributed by atoms with van der Waals surface area (Å²) in [7, 11) is 0. The molecule has 1 aromatic heterocycles. The van der Waals surface area contributed by atoms with Gasteiger partial charge in [0.2, 0.25) is 0 Å². The quantitative estimate of drug-likeness (QED) is 0.401. The van der Waals surface area contributed by atoms with Gasteiger partial charge in [-0.2, -0.15) is 0 Å². The molecule has 0 saturated carbocycles. The summed E-state index contributed by atoms with van der Waals surface area (Å²) in [6.45, 7) is -0.437. The number of ether oxygens (including phenoxy) is 1. The van der Waals surface area contributed by atoms with Gasteiger partial charge in [0.1, 0.15) is 23.3 Å². The van der Waals surface area contributed by atoms with Crippen LogP contribution in [0.4, 0.5) is 0 Å². The summed E-state index contributed by atoms with van der Waals surface area (Å²) in [4.78, 5) is 14.8. The summed E-state index contributed by atoms with van der Waals surface area (Å²) in [6.07, 6.45) is -3.15. The number of aromatic nitrogens is 2. The Hall–Kier alpha value is -1.13. The average molecular weight is 275 g/mol. The summed E-state index contributed by atoms with van der Waals surface area (Å²) in [6, 6.07) is 0. The topological polar surface area (TPSA) is 131 Å². The Balaban J connectivity index is 2.30. The first-order chi connectivity index (χ1) is 8.47. The van der Waals surface area contributed by atoms with Gasteiger partial charge in [-0.3, -0.25) is 9.36 Å². The molecule has 1 aromatic rings. The van der Waals surface area contributed by atoms with Gasteiger partial charge in [0.15, 0.2) is 11.9 Å². The number of amides is 1. The van der Waals surface area contributed by atoms with Gasteiger partial charge in [-0.25, -0.2) is 4.98 Å². The fourth-order valence-corrected chi connectivity index (χ4v) is 2.16. The van der Waals surface area contributed by atoms with Gasteiger partial charge in [0.05, 0.1) is 12.9 Å². The van der Waals surface area contributed by atoms with E-state index in [1.165, 1.54) is 10.9 Å². The van der Waals surface area contributed by atoms with Gasteiger partial charge in [0.25, 0.3) is 5.91 Å². The lowest BCUT2D eigenvalue weighted by atomic mass is 10.1. The Morgan fingerprint density at radius 1 is 1.56 bits per heavy atom. The highest BCUT2D eigenvalue weighted by atomic mass is 32.1. The molecule has 0 unspecified atom stereocenters. The molecule has 8 nitrogen and oxygen atoms in total. The Labute approximate surface area is 107 Å². The zero-order valence-corrected chi connectivity index (χ0v) is 10.1. The van der Waals surface area contributed by atoms with Crippen molar-refractivity contribution in [1.82, 2.24) is 9.55 Å². The molecule has 0 aromatic carbocycles. The number of thiol groups is 1. The van der Waals surface area contributed by atoms with Crippen LogP contribution in [0.5, 0.6) is 0 Å². The average Bonchev–Trinajstić information content (AvgIpc) is 2.82. The number of rotatable bonds is 3. The van der Waals surface area contributed by atoms with Gasteiger partial charge < -0.3 is 25.8 Å². The lowest BCUT2D eigenvalue weighted by Crippen LogP contribution is -2.33. The summed E-state index contributed by atoms with van der Waals surface area (Å²) in [5.41, 5.74) is 5.03. The Morgan fingerprint density at radius 3 is 2.67 bits per heavy atom. The number of hydrogen-bond acceptors (Lipinski definition) is 7. The second kappa shape index (κ2) is 4.86. The van der Waals surface area contributed by atoms with Gasteiger partial charge >= 0.3 is 0 Å². The van der Waals surface area contributed by atoms with E-state index in [-0.39, 0.29) is 10.7 Å². The normalized spacial score (nSPS) is 31.8. The van der Waals surface area contributed by atoms with E-state index in [4.69, 9.17) is 15.6 Å². The van der Waals surface area contributed by atoms with Crippen molar-refractivity contribution in [1.29, 1.82) is 0 Å². The predicted octanol–water partition coefficient (Wildman–Crippen LogP) is -2.12. The monoisotopic (exact) mass is 275 g/mol. The third-order valence-electron chi connectivity index (χ3n) is 2.79. The van der Waals surface area contributed by atoms with Crippen LogP contribution in [-0.2, 0) is 4.74 Å². The minimum absolute atomic E-state index is 0.0592. The predicted molar refractivity (Wildman–Crippen MR) is 61.0 cm³/mol. The number of nitrogens with zero attached hydrogens (tertiary/aromatic N) is 2. The molecule has 9 heteroatoms. The number of carbonyl (C=O) groups excluding carboxylic acids is 1. The molecular weight excluding hydrogens is 262 g/mol. The van der Waals surface area contributed by atoms with Crippen molar-refractivity contribution < 1.29 is 24.9 Å². The first kappa shape index (κ1) is 13.3. The van der Waals surface area contributed by atoms with Crippen molar-refractivity contribution in [2.24, 2.45) is 5.73 Å². The van der Waals surface area contributed by atoms with Crippen LogP contribution in [-0.4, -0.2) is 55.7 Å². The minimum atomic E-state index is -1.26. The van der Waals surface area contributed by atoms with Gasteiger partial charge in [-0.05, 0) is 0 Å². The largest absolute Gasteiger partial charge is 0.394 e. The molecule has 0 bridgehead atoms. The van der Waals surface area contributed by atoms with Crippen LogP contribution in [0, 0.1) is 0 Å². The zero-order chi connectivity index (χ0) is 13.4. The molecule has 1 aliphatic heterocycles. The molecule has 0 spiro atoms. The molecule has 2 heterocycles. The van der Waals surface area contributed by atoms with Crippen LogP contribution in [0.3, 0.4) is 0 Å². The van der Waals surface area contributed by atoms with E-state index < -0.39 is 37.1 Å². The van der Waals surface area contributed by atoms with E-state index in [9.17, 15) is 15.0 Å². The van der Waals surface area contributed by atoms with E-state index in [1.807, 2.05) is 0 Å². The molecule has 0 radical (unpaired) electrons. The summed E-state index contributed by atoms with van der Waals surface area (Å²) < 4.78 is 6.54. The Kier molecular flexibility index (Phi) is 3.59. The number of imidazole rings is 1. The molecule has 100 valence electrons. The lowest BCUT2D eigenvalue weighted by molar-refractivity contribution is -0.0563. The first-order valence-corrected chi connectivity index (χ1v) is 5.60. The van der Waals surface area contributed by atoms with E-state index in [2.05, 4.69) is 17.6 Å². The number of primary amides is 1. The Morgan fingerprint density at radius 2 is 2.22 bits per heavy atom. The van der Waals surface area contributed by atoms with Gasteiger partial charge in [-0.15, -0.1) is 12.6 Å². The van der Waals surface area contributed by atoms with Crippen LogP contribution in [0.2, 0.25) is 0 Å². The number of aliphatic hydroxyl groups excluding tert-OH is 3. The lowest BCUT2D eigenvalue weighted by Gasteiger charge is -2.17. The number of carbonyl (C=O) groups is 1. The number of aliphatic hydroxyl groups is 3. The molecule has 4 atom stereocenters. The molecular formula is C9H13N3O5S. The van der Waals surface area contributed by atoms with Gasteiger partial charge in [-0.1, -0.05) is 0 Å². The summed E-state index contributed by atoms with van der Waals surface area (Å²) >= 11 is 4.07. The van der Waals surface area contributed by atoms with E-state index in [0.717, 1.165) is 0 Å². The molecule has 1 saturated heterocycles. The standard InChI is InChI=1S/C9H13N3O5S/c10-7(16)4-9(18)12(2-11-4)8-6(15)5(14)3(1-13)17-8/h2-3,5-6,8,13-15,18H,1H2,(H2,10,16)/t3-,5-,6-,8-/m1/s1. The maximum Gasteiger partial charge on any atom is 0.270 e. The van der Waals surface area contributed by atoms with E-state index in [1.54, 1.807) is 0 Å². The van der Waals surface area contributed by atoms with Crippen molar-refractivity contribution in [3.8, 4) is 0 Å². The molecule has 2 rings (SSSR count). The number of hydrogen-bond donors (Lipinski definition) is 5. The summed E-state index contributed by atoms with van der Waals surface area (Å²) in [5.74, 6) is -0.759. The second-order valence-electron chi connectivity index (χ2n) is 3.92. The minimum Gasteiger partial charge on any atom is -0.394 e.